The molecule has 0 spiro atoms. The zero-order valence-corrected chi connectivity index (χ0v) is 18.3. The van der Waals surface area contributed by atoms with E-state index in [1.54, 1.807) is 0 Å². The van der Waals surface area contributed by atoms with Crippen LogP contribution in [-0.4, -0.2) is 42.5 Å². The molecular weight excluding hydrogens is 423 g/mol. The maximum Gasteiger partial charge on any atom is 0.228 e. The van der Waals surface area contributed by atoms with Crippen LogP contribution in [0.15, 0.2) is 91.0 Å². The average molecular weight is 453 g/mol. The minimum atomic E-state index is -1.80. The molecular formula is C27H29FO5. The highest BCUT2D eigenvalue weighted by Gasteiger charge is 2.47. The molecule has 3 aromatic rings. The van der Waals surface area contributed by atoms with Gasteiger partial charge in [-0.05, 0) is 16.7 Å². The number of hydrogen-bond acceptors (Lipinski definition) is 5. The fraction of sp³-hybridized carbons (Fsp3) is 0.333. The smallest absolute Gasteiger partial charge is 0.228 e. The Hall–Kier alpha value is -2.61. The molecule has 0 aliphatic carbocycles. The first-order valence-electron chi connectivity index (χ1n) is 11.1. The Morgan fingerprint density at radius 1 is 0.667 bits per heavy atom. The lowest BCUT2D eigenvalue weighted by molar-refractivity contribution is -0.288. The van der Waals surface area contributed by atoms with Gasteiger partial charge in [-0.15, -0.1) is 0 Å². The van der Waals surface area contributed by atoms with Crippen LogP contribution < -0.4 is 0 Å². The van der Waals surface area contributed by atoms with Gasteiger partial charge >= 0.3 is 0 Å². The van der Waals surface area contributed by atoms with Gasteiger partial charge in [-0.25, -0.2) is 4.39 Å². The zero-order chi connectivity index (χ0) is 22.9. The standard InChI is InChI=1S/C27H29FO5/c28-27-26(32-18-22-14-8-3-9-15-22)24(29)25(31-17-21-12-6-2-7-13-21)23(33-27)19-30-16-20-10-4-1-5-11-20/h1-15,23-27,29H,16-19H2/t23-,24+,25+,26-,27+/m1/s1. The Bertz CT molecular complexity index is 939. The Balaban J connectivity index is 1.41. The Morgan fingerprint density at radius 2 is 1.12 bits per heavy atom. The highest BCUT2D eigenvalue weighted by atomic mass is 19.1. The lowest BCUT2D eigenvalue weighted by Crippen LogP contribution is -2.59. The molecule has 0 bridgehead atoms. The van der Waals surface area contributed by atoms with E-state index in [1.165, 1.54) is 0 Å². The van der Waals surface area contributed by atoms with Crippen LogP contribution in [-0.2, 0) is 38.8 Å². The van der Waals surface area contributed by atoms with Crippen molar-refractivity contribution in [3.63, 3.8) is 0 Å². The summed E-state index contributed by atoms with van der Waals surface area (Å²) in [7, 11) is 0. The van der Waals surface area contributed by atoms with Gasteiger partial charge in [0.05, 0.1) is 26.4 Å². The van der Waals surface area contributed by atoms with Crippen LogP contribution in [0.4, 0.5) is 4.39 Å². The minimum absolute atomic E-state index is 0.0806. The first-order chi connectivity index (χ1) is 16.2. The van der Waals surface area contributed by atoms with Crippen LogP contribution in [0.25, 0.3) is 0 Å². The highest BCUT2D eigenvalue weighted by molar-refractivity contribution is 5.15. The van der Waals surface area contributed by atoms with Crippen LogP contribution in [0.3, 0.4) is 0 Å². The number of benzene rings is 3. The number of aliphatic hydroxyl groups is 1. The first-order valence-corrected chi connectivity index (χ1v) is 11.1. The van der Waals surface area contributed by atoms with Crippen LogP contribution in [0, 0.1) is 0 Å². The fourth-order valence-corrected chi connectivity index (χ4v) is 3.80. The number of ether oxygens (including phenoxy) is 4. The molecule has 1 aliphatic heterocycles. The normalized spacial score (nSPS) is 25.1. The van der Waals surface area contributed by atoms with Crippen molar-refractivity contribution in [1.82, 2.24) is 0 Å². The van der Waals surface area contributed by atoms with E-state index in [4.69, 9.17) is 18.9 Å². The maximum atomic E-state index is 14.9. The largest absolute Gasteiger partial charge is 0.387 e. The van der Waals surface area contributed by atoms with Gasteiger partial charge in [-0.1, -0.05) is 91.0 Å². The number of halogens is 1. The van der Waals surface area contributed by atoms with Crippen molar-refractivity contribution in [2.75, 3.05) is 6.61 Å². The number of alkyl halides is 1. The summed E-state index contributed by atoms with van der Waals surface area (Å²) in [4.78, 5) is 0. The van der Waals surface area contributed by atoms with E-state index < -0.39 is 30.8 Å². The molecule has 1 saturated heterocycles. The van der Waals surface area contributed by atoms with E-state index in [9.17, 15) is 9.50 Å². The summed E-state index contributed by atoms with van der Waals surface area (Å²) in [6, 6.07) is 28.7. The van der Waals surface area contributed by atoms with Gasteiger partial charge in [0.25, 0.3) is 0 Å². The molecule has 5 nitrogen and oxygen atoms in total. The second-order valence-electron chi connectivity index (χ2n) is 8.04. The van der Waals surface area contributed by atoms with E-state index in [1.807, 2.05) is 91.0 Å². The van der Waals surface area contributed by atoms with Gasteiger partial charge in [-0.3, -0.25) is 0 Å². The lowest BCUT2D eigenvalue weighted by atomic mass is 9.99. The molecule has 0 aromatic heterocycles. The van der Waals surface area contributed by atoms with Crippen molar-refractivity contribution < 1.29 is 28.4 Å². The van der Waals surface area contributed by atoms with Crippen LogP contribution in [0.5, 0.6) is 0 Å². The molecule has 1 fully saturated rings. The predicted molar refractivity (Wildman–Crippen MR) is 122 cm³/mol. The van der Waals surface area contributed by atoms with E-state index >= 15 is 0 Å². The van der Waals surface area contributed by atoms with Crippen molar-refractivity contribution in [2.24, 2.45) is 0 Å². The van der Waals surface area contributed by atoms with Gasteiger partial charge in [-0.2, -0.15) is 0 Å². The second kappa shape index (κ2) is 12.0. The molecule has 174 valence electrons. The lowest BCUT2D eigenvalue weighted by Gasteiger charge is -2.41. The van der Waals surface area contributed by atoms with Crippen molar-refractivity contribution in [3.05, 3.63) is 108 Å². The summed E-state index contributed by atoms with van der Waals surface area (Å²) in [6.45, 7) is 0.848. The molecule has 0 saturated carbocycles. The van der Waals surface area contributed by atoms with Gasteiger partial charge in [0, 0.05) is 0 Å². The minimum Gasteiger partial charge on any atom is -0.387 e. The van der Waals surface area contributed by atoms with E-state index in [0.717, 1.165) is 16.7 Å². The molecule has 5 atom stereocenters. The Kier molecular flexibility index (Phi) is 8.58. The molecule has 4 rings (SSSR count). The Morgan fingerprint density at radius 3 is 1.64 bits per heavy atom. The molecule has 0 unspecified atom stereocenters. The van der Waals surface area contributed by atoms with Crippen LogP contribution in [0.2, 0.25) is 0 Å². The maximum absolute atomic E-state index is 14.9. The van der Waals surface area contributed by atoms with E-state index in [0.29, 0.717) is 6.61 Å². The predicted octanol–water partition coefficient (Wildman–Crippen LogP) is 4.43. The van der Waals surface area contributed by atoms with E-state index in [2.05, 4.69) is 0 Å². The average Bonchev–Trinajstić information content (AvgIpc) is 2.85. The molecule has 6 heteroatoms. The topological polar surface area (TPSA) is 57.2 Å². The third-order valence-electron chi connectivity index (χ3n) is 5.57. The van der Waals surface area contributed by atoms with Gasteiger partial charge < -0.3 is 24.1 Å². The third kappa shape index (κ3) is 6.69. The molecule has 0 radical (unpaired) electrons. The van der Waals surface area contributed by atoms with Crippen LogP contribution in [0.1, 0.15) is 16.7 Å². The number of aliphatic hydroxyl groups excluding tert-OH is 1. The van der Waals surface area contributed by atoms with Crippen molar-refractivity contribution in [2.45, 2.75) is 50.6 Å². The van der Waals surface area contributed by atoms with Gasteiger partial charge in [0.15, 0.2) is 0 Å². The summed E-state index contributed by atoms with van der Waals surface area (Å²) >= 11 is 0. The number of hydrogen-bond donors (Lipinski definition) is 1. The summed E-state index contributed by atoms with van der Waals surface area (Å²) < 4.78 is 38.0. The molecule has 1 N–H and O–H groups in total. The quantitative estimate of drug-likeness (QED) is 0.493. The summed E-state index contributed by atoms with van der Waals surface area (Å²) in [5, 5.41) is 11.0. The van der Waals surface area contributed by atoms with Crippen molar-refractivity contribution >= 4 is 0 Å². The Labute approximate surface area is 193 Å². The molecule has 1 aliphatic rings. The summed E-state index contributed by atoms with van der Waals surface area (Å²) in [5.41, 5.74) is 2.82. The SMILES string of the molecule is O[C@@H]1[C@@H](OCc2ccccc2)[C@@H](F)O[C@H](COCc2ccccc2)[C@@H]1OCc1ccccc1. The zero-order valence-electron chi connectivity index (χ0n) is 18.3. The summed E-state index contributed by atoms with van der Waals surface area (Å²) in [6.07, 6.45) is -5.78. The third-order valence-corrected chi connectivity index (χ3v) is 5.57. The van der Waals surface area contributed by atoms with Gasteiger partial charge in [0.2, 0.25) is 6.36 Å². The molecule has 33 heavy (non-hydrogen) atoms. The summed E-state index contributed by atoms with van der Waals surface area (Å²) in [5.74, 6) is 0. The second-order valence-corrected chi connectivity index (χ2v) is 8.04. The number of rotatable bonds is 10. The highest BCUT2D eigenvalue weighted by Crippen LogP contribution is 2.28. The molecule has 0 amide bonds. The van der Waals surface area contributed by atoms with Gasteiger partial charge in [0.1, 0.15) is 24.4 Å². The monoisotopic (exact) mass is 452 g/mol. The first kappa shape index (κ1) is 23.5. The molecule has 1 heterocycles. The van der Waals surface area contributed by atoms with Crippen LogP contribution >= 0.6 is 0 Å². The van der Waals surface area contributed by atoms with Crippen molar-refractivity contribution in [1.29, 1.82) is 0 Å². The fourth-order valence-electron chi connectivity index (χ4n) is 3.80. The van der Waals surface area contributed by atoms with Crippen molar-refractivity contribution in [3.8, 4) is 0 Å². The van der Waals surface area contributed by atoms with E-state index in [-0.39, 0.29) is 19.8 Å². The molecule has 3 aromatic carbocycles.